The highest BCUT2D eigenvalue weighted by Gasteiger charge is 2.30. The normalized spacial score (nSPS) is 25.4. The Hall–Kier alpha value is -1.87. The van der Waals surface area contributed by atoms with Crippen molar-refractivity contribution in [2.45, 2.75) is 39.2 Å². The lowest BCUT2D eigenvalue weighted by Gasteiger charge is -2.33. The van der Waals surface area contributed by atoms with Crippen LogP contribution in [0.4, 0.5) is 0 Å². The zero-order chi connectivity index (χ0) is 15.6. The fraction of sp³-hybridized carbons (Fsp3) is 0.389. The maximum absolute atomic E-state index is 10.5. The number of allylic oxidation sites excluding steroid dienone is 2. The Bertz CT molecular complexity index is 599. The molecule has 21 heavy (non-hydrogen) atoms. The second-order valence-electron chi connectivity index (χ2n) is 5.91. The number of aliphatic carboxylic acids is 1. The van der Waals surface area contributed by atoms with Crippen LogP contribution in [0.3, 0.4) is 0 Å². The lowest BCUT2D eigenvalue weighted by atomic mass is 9.74. The van der Waals surface area contributed by atoms with Crippen molar-refractivity contribution in [3.63, 3.8) is 0 Å². The molecule has 0 fully saturated rings. The van der Waals surface area contributed by atoms with Crippen molar-refractivity contribution in [1.29, 1.82) is 0 Å². The van der Waals surface area contributed by atoms with Crippen LogP contribution in [0.15, 0.2) is 30.4 Å². The highest BCUT2D eigenvalue weighted by Crippen LogP contribution is 2.43. The first-order chi connectivity index (χ1) is 9.91. The number of aliphatic hydroxyl groups is 1. The van der Waals surface area contributed by atoms with Crippen molar-refractivity contribution in [1.82, 2.24) is 0 Å². The maximum atomic E-state index is 10.5. The van der Waals surface area contributed by atoms with E-state index in [9.17, 15) is 9.90 Å². The second-order valence-corrected chi connectivity index (χ2v) is 5.91. The molecule has 2 rings (SSSR count). The lowest BCUT2D eigenvalue weighted by molar-refractivity contribution is -0.131. The molecule has 1 aliphatic carbocycles. The van der Waals surface area contributed by atoms with Crippen molar-refractivity contribution in [2.24, 2.45) is 5.92 Å². The van der Waals surface area contributed by atoms with Crippen LogP contribution in [-0.2, 0) is 4.79 Å². The SMILES string of the molecule is Cc1ccc2c(c1/C=C/C=C/C(=O)O)C(C)CC(C)C2O. The topological polar surface area (TPSA) is 57.5 Å². The minimum absolute atomic E-state index is 0.263. The molecule has 0 heterocycles. The third kappa shape index (κ3) is 3.24. The molecule has 3 atom stereocenters. The number of hydrogen-bond acceptors (Lipinski definition) is 2. The fourth-order valence-electron chi connectivity index (χ4n) is 3.19. The Kier molecular flexibility index (Phi) is 4.63. The van der Waals surface area contributed by atoms with Crippen LogP contribution >= 0.6 is 0 Å². The van der Waals surface area contributed by atoms with Gasteiger partial charge < -0.3 is 10.2 Å². The quantitative estimate of drug-likeness (QED) is 0.656. The Morgan fingerprint density at radius 2 is 2.00 bits per heavy atom. The number of aliphatic hydroxyl groups excluding tert-OH is 1. The van der Waals surface area contributed by atoms with E-state index in [1.165, 1.54) is 11.6 Å². The summed E-state index contributed by atoms with van der Waals surface area (Å²) in [6.07, 6.45) is 6.86. The number of aryl methyl sites for hydroxylation is 1. The van der Waals surface area contributed by atoms with Crippen LogP contribution < -0.4 is 0 Å². The molecule has 0 aromatic heterocycles. The molecular weight excluding hydrogens is 264 g/mol. The van der Waals surface area contributed by atoms with Gasteiger partial charge in [0.25, 0.3) is 0 Å². The largest absolute Gasteiger partial charge is 0.478 e. The smallest absolute Gasteiger partial charge is 0.328 e. The molecule has 0 aliphatic heterocycles. The predicted octanol–water partition coefficient (Wildman–Crippen LogP) is 3.83. The summed E-state index contributed by atoms with van der Waals surface area (Å²) in [5.41, 5.74) is 4.44. The fourth-order valence-corrected chi connectivity index (χ4v) is 3.19. The predicted molar refractivity (Wildman–Crippen MR) is 84.1 cm³/mol. The first kappa shape index (κ1) is 15.5. The molecule has 3 unspecified atom stereocenters. The first-order valence-corrected chi connectivity index (χ1v) is 7.31. The standard InChI is InChI=1S/C18H22O3/c1-11-8-9-15-17(12(2)10-13(3)18(15)21)14(11)6-4-5-7-16(19)20/h4-9,12-13,18,21H,10H2,1-3H3,(H,19,20)/b6-4+,7-5+. The molecule has 1 aliphatic rings. The summed E-state index contributed by atoms with van der Waals surface area (Å²) in [6, 6.07) is 4.04. The Balaban J connectivity index is 2.45. The van der Waals surface area contributed by atoms with Gasteiger partial charge in [-0.2, -0.15) is 0 Å². The van der Waals surface area contributed by atoms with Crippen LogP contribution in [-0.4, -0.2) is 16.2 Å². The summed E-state index contributed by atoms with van der Waals surface area (Å²) in [6.45, 7) is 6.30. The van der Waals surface area contributed by atoms with E-state index in [-0.39, 0.29) is 5.92 Å². The molecule has 1 aromatic rings. The number of carbonyl (C=O) groups is 1. The number of carboxylic acids is 1. The van der Waals surface area contributed by atoms with Gasteiger partial charge in [0.15, 0.2) is 0 Å². The number of hydrogen-bond donors (Lipinski definition) is 2. The highest BCUT2D eigenvalue weighted by atomic mass is 16.4. The third-order valence-corrected chi connectivity index (χ3v) is 4.23. The number of fused-ring (bicyclic) bond motifs is 1. The van der Waals surface area contributed by atoms with E-state index in [2.05, 4.69) is 13.8 Å². The van der Waals surface area contributed by atoms with Gasteiger partial charge in [0.2, 0.25) is 0 Å². The first-order valence-electron chi connectivity index (χ1n) is 7.31. The molecule has 3 nitrogen and oxygen atoms in total. The molecule has 0 saturated carbocycles. The molecular formula is C18H22O3. The van der Waals surface area contributed by atoms with Crippen molar-refractivity contribution in [3.8, 4) is 0 Å². The van der Waals surface area contributed by atoms with Gasteiger partial charge in [0.1, 0.15) is 0 Å². The van der Waals surface area contributed by atoms with Gasteiger partial charge >= 0.3 is 5.97 Å². The van der Waals surface area contributed by atoms with E-state index >= 15 is 0 Å². The Morgan fingerprint density at radius 1 is 1.29 bits per heavy atom. The molecule has 3 heteroatoms. The molecule has 0 saturated heterocycles. The van der Waals surface area contributed by atoms with Crippen molar-refractivity contribution in [3.05, 3.63) is 52.6 Å². The summed E-state index contributed by atoms with van der Waals surface area (Å²) in [4.78, 5) is 10.5. The van der Waals surface area contributed by atoms with Crippen LogP contribution in [0.2, 0.25) is 0 Å². The second kappa shape index (κ2) is 6.27. The van der Waals surface area contributed by atoms with Gasteiger partial charge in [0.05, 0.1) is 6.10 Å². The number of rotatable bonds is 3. The van der Waals surface area contributed by atoms with Crippen LogP contribution in [0.1, 0.15) is 54.5 Å². The van der Waals surface area contributed by atoms with Gasteiger partial charge in [-0.05, 0) is 47.4 Å². The molecule has 0 radical (unpaired) electrons. The van der Waals surface area contributed by atoms with Gasteiger partial charge in [-0.25, -0.2) is 4.79 Å². The summed E-state index contributed by atoms with van der Waals surface area (Å²) >= 11 is 0. The lowest BCUT2D eigenvalue weighted by Crippen LogP contribution is -2.21. The third-order valence-electron chi connectivity index (χ3n) is 4.23. The van der Waals surface area contributed by atoms with E-state index in [0.29, 0.717) is 5.92 Å². The summed E-state index contributed by atoms with van der Waals surface area (Å²) in [5.74, 6) is -0.301. The summed E-state index contributed by atoms with van der Waals surface area (Å²) in [5, 5.41) is 19.0. The Labute approximate surface area is 125 Å². The molecule has 0 bridgehead atoms. The van der Waals surface area contributed by atoms with Crippen molar-refractivity contribution in [2.75, 3.05) is 0 Å². The average Bonchev–Trinajstić information content (AvgIpc) is 2.42. The molecule has 0 amide bonds. The van der Waals surface area contributed by atoms with E-state index < -0.39 is 12.1 Å². The maximum Gasteiger partial charge on any atom is 0.328 e. The molecule has 2 N–H and O–H groups in total. The van der Waals surface area contributed by atoms with Crippen molar-refractivity contribution < 1.29 is 15.0 Å². The van der Waals surface area contributed by atoms with E-state index in [1.54, 1.807) is 6.08 Å². The van der Waals surface area contributed by atoms with E-state index in [0.717, 1.165) is 29.2 Å². The monoisotopic (exact) mass is 286 g/mol. The minimum Gasteiger partial charge on any atom is -0.478 e. The summed E-state index contributed by atoms with van der Waals surface area (Å²) < 4.78 is 0. The number of benzene rings is 1. The zero-order valence-corrected chi connectivity index (χ0v) is 12.7. The number of carboxylic acid groups (broad SMARTS) is 1. The van der Waals surface area contributed by atoms with Gasteiger partial charge in [-0.1, -0.05) is 44.2 Å². The van der Waals surface area contributed by atoms with Crippen molar-refractivity contribution >= 4 is 12.0 Å². The van der Waals surface area contributed by atoms with E-state index in [4.69, 9.17) is 5.11 Å². The van der Waals surface area contributed by atoms with Gasteiger partial charge in [-0.3, -0.25) is 0 Å². The highest BCUT2D eigenvalue weighted by molar-refractivity contribution is 5.80. The zero-order valence-electron chi connectivity index (χ0n) is 12.7. The minimum atomic E-state index is -0.955. The molecule has 1 aromatic carbocycles. The van der Waals surface area contributed by atoms with Crippen LogP contribution in [0.5, 0.6) is 0 Å². The average molecular weight is 286 g/mol. The van der Waals surface area contributed by atoms with E-state index in [1.807, 2.05) is 25.1 Å². The molecule has 0 spiro atoms. The Morgan fingerprint density at radius 3 is 2.67 bits per heavy atom. The van der Waals surface area contributed by atoms with Crippen LogP contribution in [0, 0.1) is 12.8 Å². The van der Waals surface area contributed by atoms with Gasteiger partial charge in [0, 0.05) is 6.08 Å². The van der Waals surface area contributed by atoms with Crippen LogP contribution in [0.25, 0.3) is 6.08 Å². The molecule has 112 valence electrons. The van der Waals surface area contributed by atoms with Gasteiger partial charge in [-0.15, -0.1) is 0 Å². The summed E-state index contributed by atoms with van der Waals surface area (Å²) in [7, 11) is 0.